The Balaban J connectivity index is 1.46. The zero-order valence-corrected chi connectivity index (χ0v) is 16.5. The van der Waals surface area contributed by atoms with Crippen LogP contribution < -0.4 is 15.5 Å². The van der Waals surface area contributed by atoms with E-state index in [1.807, 2.05) is 0 Å². The first-order valence-electron chi connectivity index (χ1n) is 9.58. The fraction of sp³-hybridized carbons (Fsp3) is 0.273. The number of amides is 3. The minimum absolute atomic E-state index is 0.0540. The lowest BCUT2D eigenvalue weighted by Crippen LogP contribution is -2.34. The van der Waals surface area contributed by atoms with Crippen LogP contribution in [-0.2, 0) is 14.4 Å². The van der Waals surface area contributed by atoms with Gasteiger partial charge in [0, 0.05) is 42.9 Å². The van der Waals surface area contributed by atoms with E-state index in [-0.39, 0.29) is 49.4 Å². The zero-order chi connectivity index (χ0) is 21.7. The van der Waals surface area contributed by atoms with Crippen molar-refractivity contribution in [2.45, 2.75) is 19.8 Å². The van der Waals surface area contributed by atoms with Crippen LogP contribution in [-0.4, -0.2) is 36.6 Å². The van der Waals surface area contributed by atoms with Gasteiger partial charge < -0.3 is 15.5 Å². The van der Waals surface area contributed by atoms with Crippen LogP contribution in [0.15, 0.2) is 48.5 Å². The smallest absolute Gasteiger partial charge is 0.227 e. The molecular formula is C22H22FN3O4. The molecule has 3 rings (SSSR count). The van der Waals surface area contributed by atoms with Gasteiger partial charge in [-0.05, 0) is 43.3 Å². The van der Waals surface area contributed by atoms with Crippen LogP contribution in [0.3, 0.4) is 0 Å². The van der Waals surface area contributed by atoms with Crippen LogP contribution in [0.2, 0.25) is 0 Å². The number of benzene rings is 2. The number of nitrogens with zero attached hydrogens (tertiary/aromatic N) is 1. The second-order valence-electron chi connectivity index (χ2n) is 7.11. The average Bonchev–Trinajstić information content (AvgIpc) is 3.10. The summed E-state index contributed by atoms with van der Waals surface area (Å²) in [7, 11) is 0. The molecule has 1 saturated heterocycles. The molecule has 2 aromatic rings. The van der Waals surface area contributed by atoms with Crippen LogP contribution in [0.4, 0.5) is 15.8 Å². The van der Waals surface area contributed by atoms with E-state index >= 15 is 0 Å². The highest BCUT2D eigenvalue weighted by Gasteiger charge is 2.35. The van der Waals surface area contributed by atoms with E-state index in [0.717, 1.165) is 0 Å². The minimum Gasteiger partial charge on any atom is -0.355 e. The van der Waals surface area contributed by atoms with Crippen molar-refractivity contribution in [2.75, 3.05) is 23.3 Å². The normalized spacial score (nSPS) is 15.7. The van der Waals surface area contributed by atoms with Crippen LogP contribution >= 0.6 is 0 Å². The lowest BCUT2D eigenvalue weighted by molar-refractivity contribution is -0.126. The van der Waals surface area contributed by atoms with Crippen molar-refractivity contribution in [3.05, 3.63) is 59.9 Å². The van der Waals surface area contributed by atoms with Crippen molar-refractivity contribution in [1.82, 2.24) is 5.32 Å². The number of carbonyl (C=O) groups excluding carboxylic acids is 4. The number of ketones is 1. The molecule has 1 atom stereocenters. The molecule has 2 N–H and O–H groups in total. The summed E-state index contributed by atoms with van der Waals surface area (Å²) in [4.78, 5) is 49.5. The van der Waals surface area contributed by atoms with Gasteiger partial charge in [0.1, 0.15) is 5.82 Å². The first kappa shape index (κ1) is 21.2. The van der Waals surface area contributed by atoms with Gasteiger partial charge in [0.15, 0.2) is 5.78 Å². The maximum absolute atomic E-state index is 13.1. The molecule has 0 saturated carbocycles. The molecule has 7 nitrogen and oxygen atoms in total. The van der Waals surface area contributed by atoms with Crippen LogP contribution in [0.25, 0.3) is 0 Å². The van der Waals surface area contributed by atoms with E-state index in [2.05, 4.69) is 10.6 Å². The molecule has 0 unspecified atom stereocenters. The van der Waals surface area contributed by atoms with E-state index in [9.17, 15) is 23.6 Å². The molecule has 1 heterocycles. The van der Waals surface area contributed by atoms with Crippen molar-refractivity contribution >= 4 is 34.9 Å². The largest absolute Gasteiger partial charge is 0.355 e. The fourth-order valence-electron chi connectivity index (χ4n) is 3.24. The molecule has 156 valence electrons. The Hall–Kier alpha value is -3.55. The molecule has 1 fully saturated rings. The summed E-state index contributed by atoms with van der Waals surface area (Å²) in [6.45, 7) is 1.78. The molecule has 0 aliphatic carbocycles. The minimum atomic E-state index is -0.530. The molecule has 3 amide bonds. The predicted molar refractivity (Wildman–Crippen MR) is 110 cm³/mol. The third-order valence-corrected chi connectivity index (χ3v) is 4.84. The SMILES string of the molecule is CC(=O)c1cccc(NC(=O)CCNC(=O)[C@H]2CC(=O)N(c3ccc(F)cc3)C2)c1. The third-order valence-electron chi connectivity index (χ3n) is 4.84. The molecular weight excluding hydrogens is 389 g/mol. The van der Waals surface area contributed by atoms with Crippen molar-refractivity contribution in [2.24, 2.45) is 5.92 Å². The fourth-order valence-corrected chi connectivity index (χ4v) is 3.24. The summed E-state index contributed by atoms with van der Waals surface area (Å²) >= 11 is 0. The summed E-state index contributed by atoms with van der Waals surface area (Å²) in [5.74, 6) is -1.83. The number of hydrogen-bond acceptors (Lipinski definition) is 4. The van der Waals surface area contributed by atoms with E-state index in [0.29, 0.717) is 16.9 Å². The Morgan fingerprint density at radius 1 is 1.13 bits per heavy atom. The van der Waals surface area contributed by atoms with E-state index < -0.39 is 11.7 Å². The number of anilines is 2. The summed E-state index contributed by atoms with van der Waals surface area (Å²) < 4.78 is 13.1. The van der Waals surface area contributed by atoms with Gasteiger partial charge >= 0.3 is 0 Å². The van der Waals surface area contributed by atoms with Crippen molar-refractivity contribution in [3.63, 3.8) is 0 Å². The maximum Gasteiger partial charge on any atom is 0.227 e. The summed E-state index contributed by atoms with van der Waals surface area (Å²) in [5, 5.41) is 5.36. The van der Waals surface area contributed by atoms with Crippen molar-refractivity contribution in [3.8, 4) is 0 Å². The molecule has 2 aromatic carbocycles. The van der Waals surface area contributed by atoms with Gasteiger partial charge in [-0.15, -0.1) is 0 Å². The number of carbonyl (C=O) groups is 4. The highest BCUT2D eigenvalue weighted by Crippen LogP contribution is 2.25. The van der Waals surface area contributed by atoms with Gasteiger partial charge in [-0.1, -0.05) is 12.1 Å². The average molecular weight is 411 g/mol. The first-order chi connectivity index (χ1) is 14.3. The van der Waals surface area contributed by atoms with Crippen LogP contribution in [0, 0.1) is 11.7 Å². The molecule has 1 aliphatic rings. The third kappa shape index (κ3) is 5.28. The van der Waals surface area contributed by atoms with Gasteiger partial charge in [0.05, 0.1) is 5.92 Å². The van der Waals surface area contributed by atoms with Crippen LogP contribution in [0.1, 0.15) is 30.1 Å². The lowest BCUT2D eigenvalue weighted by Gasteiger charge is -2.16. The zero-order valence-electron chi connectivity index (χ0n) is 16.5. The molecule has 1 aliphatic heterocycles. The summed E-state index contributed by atoms with van der Waals surface area (Å²) in [5.41, 5.74) is 1.55. The van der Waals surface area contributed by atoms with Gasteiger partial charge in [-0.25, -0.2) is 4.39 Å². The number of hydrogen-bond donors (Lipinski definition) is 2. The first-order valence-corrected chi connectivity index (χ1v) is 9.58. The van der Waals surface area contributed by atoms with Gasteiger partial charge in [-0.2, -0.15) is 0 Å². The van der Waals surface area contributed by atoms with Gasteiger partial charge in [0.25, 0.3) is 0 Å². The van der Waals surface area contributed by atoms with Gasteiger partial charge in [-0.3, -0.25) is 19.2 Å². The Labute approximate surface area is 173 Å². The number of halogens is 1. The monoisotopic (exact) mass is 411 g/mol. The molecule has 0 bridgehead atoms. The van der Waals surface area contributed by atoms with Crippen molar-refractivity contribution < 1.29 is 23.6 Å². The van der Waals surface area contributed by atoms with Crippen molar-refractivity contribution in [1.29, 1.82) is 0 Å². The van der Waals surface area contributed by atoms with E-state index in [1.54, 1.807) is 24.3 Å². The molecule has 8 heteroatoms. The summed E-state index contributed by atoms with van der Waals surface area (Å²) in [6, 6.07) is 12.1. The van der Waals surface area contributed by atoms with Crippen LogP contribution in [0.5, 0.6) is 0 Å². The molecule has 0 aromatic heterocycles. The second kappa shape index (κ2) is 9.30. The molecule has 0 spiro atoms. The number of rotatable bonds is 7. The Bertz CT molecular complexity index is 975. The quantitative estimate of drug-likeness (QED) is 0.685. The Morgan fingerprint density at radius 2 is 1.87 bits per heavy atom. The standard InChI is InChI=1S/C22H22FN3O4/c1-14(27)15-3-2-4-18(11-15)25-20(28)9-10-24-22(30)16-12-21(29)26(13-16)19-7-5-17(23)6-8-19/h2-8,11,16H,9-10,12-13H2,1H3,(H,24,30)(H,25,28)/t16-/m0/s1. The highest BCUT2D eigenvalue weighted by molar-refractivity contribution is 6.00. The van der Waals surface area contributed by atoms with Gasteiger partial charge in [0.2, 0.25) is 17.7 Å². The van der Waals surface area contributed by atoms with E-state index in [1.165, 1.54) is 36.1 Å². The molecule has 30 heavy (non-hydrogen) atoms. The Kier molecular flexibility index (Phi) is 6.56. The maximum atomic E-state index is 13.1. The number of Topliss-reactive ketones (excluding diaryl/α,β-unsaturated/α-hetero) is 1. The predicted octanol–water partition coefficient (Wildman–Crippen LogP) is 2.53. The molecule has 0 radical (unpaired) electrons. The highest BCUT2D eigenvalue weighted by atomic mass is 19.1. The summed E-state index contributed by atoms with van der Waals surface area (Å²) in [6.07, 6.45) is 0.117. The second-order valence-corrected chi connectivity index (χ2v) is 7.11. The lowest BCUT2D eigenvalue weighted by atomic mass is 10.1. The van der Waals surface area contributed by atoms with E-state index in [4.69, 9.17) is 0 Å². The Morgan fingerprint density at radius 3 is 2.57 bits per heavy atom. The number of nitrogens with one attached hydrogen (secondary N) is 2. The topological polar surface area (TPSA) is 95.6 Å².